The topological polar surface area (TPSA) is 25.6 Å². The Morgan fingerprint density at radius 1 is 1.29 bits per heavy atom. The van der Waals surface area contributed by atoms with Crippen LogP contribution >= 0.6 is 0 Å². The van der Waals surface area contributed by atoms with E-state index < -0.39 is 0 Å². The molecule has 1 aromatic carbocycles. The van der Waals surface area contributed by atoms with Crippen molar-refractivity contribution in [2.24, 2.45) is 0 Å². The van der Waals surface area contributed by atoms with E-state index in [9.17, 15) is 0 Å². The fourth-order valence-corrected chi connectivity index (χ4v) is 3.36. The molecule has 3 heteroatoms. The van der Waals surface area contributed by atoms with E-state index in [1.807, 2.05) is 6.07 Å². The smallest absolute Gasteiger partial charge is 0.133 e. The second kappa shape index (κ2) is 5.82. The monoisotopic (exact) mass is 287 g/mol. The number of hydrogen-bond donors (Lipinski definition) is 0. The Hall–Kier alpha value is -1.32. The molecule has 3 rings (SSSR count). The Morgan fingerprint density at radius 3 is 2.90 bits per heavy atom. The van der Waals surface area contributed by atoms with Gasteiger partial charge in [0.15, 0.2) is 0 Å². The molecule has 0 bridgehead atoms. The second-order valence-corrected chi connectivity index (χ2v) is 6.61. The number of nitrogens with zero attached hydrogens (tertiary/aromatic N) is 1. The van der Waals surface area contributed by atoms with Gasteiger partial charge in [0, 0.05) is 24.6 Å². The molecule has 1 saturated heterocycles. The van der Waals surface area contributed by atoms with Crippen LogP contribution in [0, 0.1) is 0 Å². The molecular weight excluding hydrogens is 262 g/mol. The van der Waals surface area contributed by atoms with Crippen LogP contribution < -0.4 is 0 Å². The maximum absolute atomic E-state index is 5.85. The van der Waals surface area contributed by atoms with Gasteiger partial charge in [-0.1, -0.05) is 13.0 Å². The van der Waals surface area contributed by atoms with E-state index in [2.05, 4.69) is 43.9 Å². The number of benzene rings is 1. The van der Waals surface area contributed by atoms with Crippen molar-refractivity contribution in [3.8, 4) is 0 Å². The van der Waals surface area contributed by atoms with Crippen molar-refractivity contribution < 1.29 is 9.15 Å². The Balaban J connectivity index is 1.74. The summed E-state index contributed by atoms with van der Waals surface area (Å²) >= 11 is 0. The van der Waals surface area contributed by atoms with Gasteiger partial charge in [-0.15, -0.1) is 0 Å². The van der Waals surface area contributed by atoms with Crippen molar-refractivity contribution in [2.45, 2.75) is 51.8 Å². The standard InChI is InChI=1S/C18H25NO2/c1-4-19(16-8-10-21-18(2,3)12-16)13-14-5-6-17-15(11-14)7-9-20-17/h5-7,9,11,16H,4,8,10,12-13H2,1-3H3. The molecule has 1 aliphatic rings. The first-order chi connectivity index (χ1) is 10.1. The van der Waals surface area contributed by atoms with Gasteiger partial charge in [0.25, 0.3) is 0 Å². The Bertz CT molecular complexity index is 602. The van der Waals surface area contributed by atoms with E-state index in [4.69, 9.17) is 9.15 Å². The third-order valence-corrected chi connectivity index (χ3v) is 4.50. The third-order valence-electron chi connectivity index (χ3n) is 4.50. The lowest BCUT2D eigenvalue weighted by molar-refractivity contribution is -0.0838. The van der Waals surface area contributed by atoms with Crippen LogP contribution in [0.3, 0.4) is 0 Å². The molecule has 1 fully saturated rings. The third kappa shape index (κ3) is 3.30. The summed E-state index contributed by atoms with van der Waals surface area (Å²) in [6, 6.07) is 9.14. The maximum Gasteiger partial charge on any atom is 0.133 e. The van der Waals surface area contributed by atoms with Gasteiger partial charge < -0.3 is 9.15 Å². The Kier molecular flexibility index (Phi) is 4.05. The van der Waals surface area contributed by atoms with Crippen molar-refractivity contribution in [1.82, 2.24) is 4.90 Å². The van der Waals surface area contributed by atoms with Gasteiger partial charge in [-0.05, 0) is 57.0 Å². The fraction of sp³-hybridized carbons (Fsp3) is 0.556. The lowest BCUT2D eigenvalue weighted by atomic mass is 9.92. The number of hydrogen-bond acceptors (Lipinski definition) is 3. The molecule has 0 saturated carbocycles. The van der Waals surface area contributed by atoms with Crippen molar-refractivity contribution in [1.29, 1.82) is 0 Å². The van der Waals surface area contributed by atoms with Crippen LogP contribution in [0.5, 0.6) is 0 Å². The summed E-state index contributed by atoms with van der Waals surface area (Å²) in [5, 5.41) is 1.19. The first-order valence-electron chi connectivity index (χ1n) is 7.91. The zero-order chi connectivity index (χ0) is 14.9. The van der Waals surface area contributed by atoms with Crippen LogP contribution in [-0.4, -0.2) is 29.7 Å². The summed E-state index contributed by atoms with van der Waals surface area (Å²) in [6.45, 7) is 9.59. The van der Waals surface area contributed by atoms with Gasteiger partial charge in [-0.3, -0.25) is 4.90 Å². The van der Waals surface area contributed by atoms with Gasteiger partial charge in [0.1, 0.15) is 5.58 Å². The summed E-state index contributed by atoms with van der Waals surface area (Å²) in [7, 11) is 0. The van der Waals surface area contributed by atoms with Crippen LogP contribution in [0.15, 0.2) is 34.9 Å². The molecule has 3 nitrogen and oxygen atoms in total. The van der Waals surface area contributed by atoms with Gasteiger partial charge in [-0.25, -0.2) is 0 Å². The normalized spacial score (nSPS) is 22.0. The van der Waals surface area contributed by atoms with Gasteiger partial charge in [-0.2, -0.15) is 0 Å². The molecule has 0 spiro atoms. The fourth-order valence-electron chi connectivity index (χ4n) is 3.36. The quantitative estimate of drug-likeness (QED) is 0.842. The van der Waals surface area contributed by atoms with Crippen LogP contribution in [0.25, 0.3) is 11.0 Å². The highest BCUT2D eigenvalue weighted by atomic mass is 16.5. The minimum Gasteiger partial charge on any atom is -0.464 e. The van der Waals surface area contributed by atoms with Crippen molar-refractivity contribution >= 4 is 11.0 Å². The molecule has 2 aromatic rings. The van der Waals surface area contributed by atoms with E-state index in [0.717, 1.165) is 38.1 Å². The molecule has 1 atom stereocenters. The molecule has 0 radical (unpaired) electrons. The largest absolute Gasteiger partial charge is 0.464 e. The summed E-state index contributed by atoms with van der Waals surface area (Å²) in [4.78, 5) is 2.57. The zero-order valence-electron chi connectivity index (χ0n) is 13.3. The molecule has 0 N–H and O–H groups in total. The predicted octanol–water partition coefficient (Wildman–Crippen LogP) is 4.21. The molecule has 114 valence electrons. The van der Waals surface area contributed by atoms with Gasteiger partial charge in [0.05, 0.1) is 11.9 Å². The van der Waals surface area contributed by atoms with Crippen LogP contribution in [0.4, 0.5) is 0 Å². The average molecular weight is 287 g/mol. The Morgan fingerprint density at radius 2 is 2.14 bits per heavy atom. The molecule has 0 amide bonds. The summed E-state index contributed by atoms with van der Waals surface area (Å²) in [5.74, 6) is 0. The zero-order valence-corrected chi connectivity index (χ0v) is 13.3. The predicted molar refractivity (Wildman–Crippen MR) is 85.4 cm³/mol. The maximum atomic E-state index is 5.85. The average Bonchev–Trinajstić information content (AvgIpc) is 2.91. The van der Waals surface area contributed by atoms with Gasteiger partial charge in [0.2, 0.25) is 0 Å². The van der Waals surface area contributed by atoms with Gasteiger partial charge >= 0.3 is 0 Å². The second-order valence-electron chi connectivity index (χ2n) is 6.61. The molecule has 21 heavy (non-hydrogen) atoms. The van der Waals surface area contributed by atoms with E-state index in [1.165, 1.54) is 10.9 Å². The number of fused-ring (bicyclic) bond motifs is 1. The summed E-state index contributed by atoms with van der Waals surface area (Å²) in [6.07, 6.45) is 3.99. The van der Waals surface area contributed by atoms with E-state index in [0.29, 0.717) is 6.04 Å². The Labute approximate surface area is 126 Å². The lowest BCUT2D eigenvalue weighted by Crippen LogP contribution is -2.45. The van der Waals surface area contributed by atoms with Crippen molar-refractivity contribution in [2.75, 3.05) is 13.2 Å². The highest BCUT2D eigenvalue weighted by molar-refractivity contribution is 5.77. The first kappa shape index (κ1) is 14.6. The number of ether oxygens (including phenoxy) is 1. The van der Waals surface area contributed by atoms with Crippen molar-refractivity contribution in [3.05, 3.63) is 36.1 Å². The number of furan rings is 1. The molecule has 0 aliphatic carbocycles. The first-order valence-corrected chi connectivity index (χ1v) is 7.91. The molecule has 1 unspecified atom stereocenters. The molecule has 1 aliphatic heterocycles. The minimum absolute atomic E-state index is 0.00481. The van der Waals surface area contributed by atoms with Crippen molar-refractivity contribution in [3.63, 3.8) is 0 Å². The van der Waals surface area contributed by atoms with Crippen LogP contribution in [0.1, 0.15) is 39.2 Å². The van der Waals surface area contributed by atoms with E-state index in [-0.39, 0.29) is 5.60 Å². The highest BCUT2D eigenvalue weighted by Crippen LogP contribution is 2.28. The molecular formula is C18H25NO2. The summed E-state index contributed by atoms with van der Waals surface area (Å²) in [5.41, 5.74) is 2.33. The van der Waals surface area contributed by atoms with E-state index in [1.54, 1.807) is 6.26 Å². The highest BCUT2D eigenvalue weighted by Gasteiger charge is 2.31. The van der Waals surface area contributed by atoms with E-state index >= 15 is 0 Å². The SMILES string of the molecule is CCN(Cc1ccc2occc2c1)C1CCOC(C)(C)C1. The minimum atomic E-state index is 0.00481. The lowest BCUT2D eigenvalue weighted by Gasteiger charge is -2.41. The van der Waals surface area contributed by atoms with Crippen LogP contribution in [0.2, 0.25) is 0 Å². The number of rotatable bonds is 4. The molecule has 1 aromatic heterocycles. The van der Waals surface area contributed by atoms with Crippen LogP contribution in [-0.2, 0) is 11.3 Å². The molecule has 2 heterocycles. The summed E-state index contributed by atoms with van der Waals surface area (Å²) < 4.78 is 11.3.